The van der Waals surface area contributed by atoms with Crippen LogP contribution in [-0.4, -0.2) is 12.5 Å². The van der Waals surface area contributed by atoms with Gasteiger partial charge >= 0.3 is 0 Å². The standard InChI is InChI=1S/C15H19NO/c1-11(2)10-16-15(17)14-9-5-7-12-6-3-4-8-13(12)14/h3-4,6,8,14H,1,5,7,9-10H2,2H3,(H,16,17). The summed E-state index contributed by atoms with van der Waals surface area (Å²) in [6.07, 6.45) is 3.15. The maximum absolute atomic E-state index is 12.1. The van der Waals surface area contributed by atoms with E-state index in [9.17, 15) is 4.79 Å². The molecular formula is C15H19NO. The van der Waals surface area contributed by atoms with Gasteiger partial charge in [0, 0.05) is 6.54 Å². The van der Waals surface area contributed by atoms with E-state index < -0.39 is 0 Å². The normalized spacial score (nSPS) is 18.3. The molecule has 1 amide bonds. The Bertz CT molecular complexity index is 436. The van der Waals surface area contributed by atoms with Crippen molar-refractivity contribution in [3.8, 4) is 0 Å². The van der Waals surface area contributed by atoms with Crippen molar-refractivity contribution in [3.05, 3.63) is 47.5 Å². The molecule has 1 aromatic rings. The summed E-state index contributed by atoms with van der Waals surface area (Å²) >= 11 is 0. The van der Waals surface area contributed by atoms with E-state index in [0.717, 1.165) is 24.8 Å². The van der Waals surface area contributed by atoms with Gasteiger partial charge in [-0.05, 0) is 37.3 Å². The SMILES string of the molecule is C=C(C)CNC(=O)C1CCCc2ccccc21. The van der Waals surface area contributed by atoms with Crippen LogP contribution in [0.4, 0.5) is 0 Å². The molecule has 0 spiro atoms. The van der Waals surface area contributed by atoms with Crippen LogP contribution in [0.3, 0.4) is 0 Å². The highest BCUT2D eigenvalue weighted by atomic mass is 16.1. The third kappa shape index (κ3) is 2.76. The lowest BCUT2D eigenvalue weighted by molar-refractivity contribution is -0.122. The minimum absolute atomic E-state index is 0.0271. The monoisotopic (exact) mass is 229 g/mol. The number of benzene rings is 1. The Labute approximate surface area is 103 Å². The van der Waals surface area contributed by atoms with Crippen molar-refractivity contribution in [1.82, 2.24) is 5.32 Å². The molecule has 1 aliphatic carbocycles. The van der Waals surface area contributed by atoms with E-state index in [4.69, 9.17) is 0 Å². The molecular weight excluding hydrogens is 210 g/mol. The summed E-state index contributed by atoms with van der Waals surface area (Å²) in [5.74, 6) is 0.166. The fourth-order valence-corrected chi connectivity index (χ4v) is 2.39. The first-order valence-electron chi connectivity index (χ1n) is 6.18. The van der Waals surface area contributed by atoms with Crippen molar-refractivity contribution in [2.75, 3.05) is 6.54 Å². The van der Waals surface area contributed by atoms with E-state index in [1.807, 2.05) is 19.1 Å². The zero-order valence-corrected chi connectivity index (χ0v) is 10.3. The first-order valence-corrected chi connectivity index (χ1v) is 6.18. The summed E-state index contributed by atoms with van der Waals surface area (Å²) < 4.78 is 0. The molecule has 0 saturated carbocycles. The smallest absolute Gasteiger partial charge is 0.227 e. The molecule has 2 nitrogen and oxygen atoms in total. The molecule has 2 heteroatoms. The molecule has 0 aliphatic heterocycles. The van der Waals surface area contributed by atoms with Gasteiger partial charge in [-0.25, -0.2) is 0 Å². The molecule has 0 radical (unpaired) electrons. The van der Waals surface area contributed by atoms with Gasteiger partial charge in [0.2, 0.25) is 5.91 Å². The molecule has 1 aliphatic rings. The molecule has 1 unspecified atom stereocenters. The molecule has 0 bridgehead atoms. The average Bonchev–Trinajstić information content (AvgIpc) is 2.35. The fraction of sp³-hybridized carbons (Fsp3) is 0.400. The second kappa shape index (κ2) is 5.17. The molecule has 1 N–H and O–H groups in total. The van der Waals surface area contributed by atoms with Crippen LogP contribution < -0.4 is 5.32 Å². The second-order valence-electron chi connectivity index (χ2n) is 4.82. The molecule has 0 fully saturated rings. The molecule has 1 aromatic carbocycles. The van der Waals surface area contributed by atoms with Gasteiger partial charge in [-0.3, -0.25) is 4.79 Å². The van der Waals surface area contributed by atoms with Gasteiger partial charge in [0.15, 0.2) is 0 Å². The van der Waals surface area contributed by atoms with E-state index >= 15 is 0 Å². The van der Waals surface area contributed by atoms with Crippen molar-refractivity contribution in [1.29, 1.82) is 0 Å². The molecule has 0 saturated heterocycles. The van der Waals surface area contributed by atoms with Crippen LogP contribution in [0.25, 0.3) is 0 Å². The lowest BCUT2D eigenvalue weighted by Crippen LogP contribution is -2.32. The maximum atomic E-state index is 12.1. The average molecular weight is 229 g/mol. The van der Waals surface area contributed by atoms with Crippen molar-refractivity contribution < 1.29 is 4.79 Å². The van der Waals surface area contributed by atoms with Gasteiger partial charge in [0.25, 0.3) is 0 Å². The predicted molar refractivity (Wildman–Crippen MR) is 69.9 cm³/mol. The van der Waals surface area contributed by atoms with Gasteiger partial charge in [-0.2, -0.15) is 0 Å². The number of hydrogen-bond donors (Lipinski definition) is 1. The van der Waals surface area contributed by atoms with Crippen LogP contribution in [0.5, 0.6) is 0 Å². The third-order valence-electron chi connectivity index (χ3n) is 3.25. The third-order valence-corrected chi connectivity index (χ3v) is 3.25. The van der Waals surface area contributed by atoms with Crippen molar-refractivity contribution in [2.24, 2.45) is 0 Å². The first-order chi connectivity index (χ1) is 8.18. The highest BCUT2D eigenvalue weighted by Crippen LogP contribution is 2.31. The number of carbonyl (C=O) groups excluding carboxylic acids is 1. The minimum atomic E-state index is 0.0271. The molecule has 0 heterocycles. The summed E-state index contributed by atoms with van der Waals surface area (Å²) in [6, 6.07) is 8.28. The van der Waals surface area contributed by atoms with E-state index in [-0.39, 0.29) is 11.8 Å². The van der Waals surface area contributed by atoms with Gasteiger partial charge in [-0.1, -0.05) is 36.4 Å². The quantitative estimate of drug-likeness (QED) is 0.793. The molecule has 0 aromatic heterocycles. The highest BCUT2D eigenvalue weighted by molar-refractivity contribution is 5.84. The zero-order chi connectivity index (χ0) is 12.3. The minimum Gasteiger partial charge on any atom is -0.352 e. The number of carbonyl (C=O) groups is 1. The number of hydrogen-bond acceptors (Lipinski definition) is 1. The largest absolute Gasteiger partial charge is 0.352 e. The van der Waals surface area contributed by atoms with E-state index in [2.05, 4.69) is 24.0 Å². The van der Waals surface area contributed by atoms with Gasteiger partial charge < -0.3 is 5.32 Å². The summed E-state index contributed by atoms with van der Waals surface area (Å²) in [5.41, 5.74) is 3.52. The Morgan fingerprint density at radius 2 is 2.24 bits per heavy atom. The van der Waals surface area contributed by atoms with E-state index in [1.165, 1.54) is 11.1 Å². The van der Waals surface area contributed by atoms with Crippen LogP contribution in [0.15, 0.2) is 36.4 Å². The van der Waals surface area contributed by atoms with E-state index in [1.54, 1.807) is 0 Å². The Hall–Kier alpha value is -1.57. The Kier molecular flexibility index (Phi) is 3.62. The number of fused-ring (bicyclic) bond motifs is 1. The number of rotatable bonds is 3. The van der Waals surface area contributed by atoms with E-state index in [0.29, 0.717) is 6.54 Å². The predicted octanol–water partition coefficient (Wildman–Crippen LogP) is 2.80. The second-order valence-corrected chi connectivity index (χ2v) is 4.82. The van der Waals surface area contributed by atoms with Crippen molar-refractivity contribution >= 4 is 5.91 Å². The highest BCUT2D eigenvalue weighted by Gasteiger charge is 2.25. The Morgan fingerprint density at radius 1 is 1.47 bits per heavy atom. The lowest BCUT2D eigenvalue weighted by Gasteiger charge is -2.24. The number of nitrogens with one attached hydrogen (secondary N) is 1. The van der Waals surface area contributed by atoms with Crippen LogP contribution in [-0.2, 0) is 11.2 Å². The number of aryl methyl sites for hydroxylation is 1. The topological polar surface area (TPSA) is 29.1 Å². The molecule has 2 rings (SSSR count). The molecule has 17 heavy (non-hydrogen) atoms. The number of amides is 1. The van der Waals surface area contributed by atoms with Crippen LogP contribution in [0.1, 0.15) is 36.8 Å². The maximum Gasteiger partial charge on any atom is 0.227 e. The van der Waals surface area contributed by atoms with Crippen LogP contribution in [0.2, 0.25) is 0 Å². The van der Waals surface area contributed by atoms with Crippen molar-refractivity contribution in [3.63, 3.8) is 0 Å². The Morgan fingerprint density at radius 3 is 3.00 bits per heavy atom. The fourth-order valence-electron chi connectivity index (χ4n) is 2.39. The van der Waals surface area contributed by atoms with Crippen molar-refractivity contribution in [2.45, 2.75) is 32.1 Å². The van der Waals surface area contributed by atoms with Gasteiger partial charge in [0.1, 0.15) is 0 Å². The summed E-state index contributed by atoms with van der Waals surface area (Å²) in [5, 5.41) is 2.95. The lowest BCUT2D eigenvalue weighted by atomic mass is 9.82. The Balaban J connectivity index is 2.12. The summed E-state index contributed by atoms with van der Waals surface area (Å²) in [6.45, 7) is 6.31. The molecule has 1 atom stereocenters. The summed E-state index contributed by atoms with van der Waals surface area (Å²) in [4.78, 5) is 12.1. The van der Waals surface area contributed by atoms with Crippen LogP contribution >= 0.6 is 0 Å². The summed E-state index contributed by atoms with van der Waals surface area (Å²) in [7, 11) is 0. The van der Waals surface area contributed by atoms with Gasteiger partial charge in [-0.15, -0.1) is 0 Å². The van der Waals surface area contributed by atoms with Gasteiger partial charge in [0.05, 0.1) is 5.92 Å². The first kappa shape index (κ1) is 11.9. The van der Waals surface area contributed by atoms with Crippen LogP contribution in [0, 0.1) is 0 Å². The molecule has 90 valence electrons. The zero-order valence-electron chi connectivity index (χ0n) is 10.3.